The number of ether oxygens (including phenoxy) is 2. The molecule has 23 heavy (non-hydrogen) atoms. The van der Waals surface area contributed by atoms with Gasteiger partial charge >= 0.3 is 0 Å². The highest BCUT2D eigenvalue weighted by Crippen LogP contribution is 2.41. The normalized spacial score (nSPS) is 20.6. The molecule has 1 saturated heterocycles. The van der Waals surface area contributed by atoms with Gasteiger partial charge in [-0.1, -0.05) is 17.7 Å². The van der Waals surface area contributed by atoms with Crippen LogP contribution in [-0.2, 0) is 0 Å². The number of methoxy groups -OCH3 is 2. The number of nitrogens with one attached hydrogen (secondary N) is 1. The molecule has 0 aromatic heterocycles. The molecule has 0 bridgehead atoms. The van der Waals surface area contributed by atoms with E-state index in [9.17, 15) is 0 Å². The first-order valence-corrected chi connectivity index (χ1v) is 8.39. The van der Waals surface area contributed by atoms with Crippen molar-refractivity contribution >= 4 is 11.6 Å². The van der Waals surface area contributed by atoms with Crippen molar-refractivity contribution in [3.8, 4) is 11.5 Å². The first kappa shape index (κ1) is 18.3. The molecular formula is C17H28ClN3O2. The Morgan fingerprint density at radius 1 is 1.35 bits per heavy atom. The van der Waals surface area contributed by atoms with Crippen molar-refractivity contribution in [3.63, 3.8) is 0 Å². The van der Waals surface area contributed by atoms with Crippen LogP contribution in [-0.4, -0.2) is 70.3 Å². The predicted octanol–water partition coefficient (Wildman–Crippen LogP) is 2.25. The van der Waals surface area contributed by atoms with Crippen LogP contribution >= 0.6 is 11.6 Å². The Hall–Kier alpha value is -1.01. The standard InChI is InChI=1S/C17H28ClN3O2/c1-12-10-19-8-9-21(12)14(11-20(2)3)13-6-7-15(22-4)17(23-5)16(13)18/h6-7,12,14,19H,8-11H2,1-5H3. The Bertz CT molecular complexity index is 525. The second kappa shape index (κ2) is 8.20. The van der Waals surface area contributed by atoms with Crippen LogP contribution in [0.25, 0.3) is 0 Å². The van der Waals surface area contributed by atoms with Gasteiger partial charge in [0.2, 0.25) is 0 Å². The number of likely N-dealkylation sites (N-methyl/N-ethyl adjacent to an activating group) is 1. The fraction of sp³-hybridized carbons (Fsp3) is 0.647. The highest BCUT2D eigenvalue weighted by molar-refractivity contribution is 6.33. The SMILES string of the molecule is COc1ccc(C(CN(C)C)N2CCNCC2C)c(Cl)c1OC. The van der Waals surface area contributed by atoms with Gasteiger partial charge in [-0.15, -0.1) is 0 Å². The minimum atomic E-state index is 0.217. The topological polar surface area (TPSA) is 37.0 Å². The molecule has 130 valence electrons. The van der Waals surface area contributed by atoms with Crippen LogP contribution in [0.2, 0.25) is 5.02 Å². The molecule has 1 aliphatic heterocycles. The lowest BCUT2D eigenvalue weighted by molar-refractivity contribution is 0.0966. The second-order valence-electron chi connectivity index (χ2n) is 6.27. The summed E-state index contributed by atoms with van der Waals surface area (Å²) in [6.45, 7) is 6.15. The molecule has 1 aromatic carbocycles. The van der Waals surface area contributed by atoms with Gasteiger partial charge in [-0.2, -0.15) is 0 Å². The summed E-state index contributed by atoms with van der Waals surface area (Å²) in [7, 11) is 7.44. The summed E-state index contributed by atoms with van der Waals surface area (Å²) < 4.78 is 10.8. The van der Waals surface area contributed by atoms with Crippen LogP contribution in [0.3, 0.4) is 0 Å². The molecule has 5 nitrogen and oxygen atoms in total. The molecule has 1 N–H and O–H groups in total. The van der Waals surface area contributed by atoms with E-state index in [1.807, 2.05) is 6.07 Å². The van der Waals surface area contributed by atoms with Crippen LogP contribution in [0.5, 0.6) is 11.5 Å². The van der Waals surface area contributed by atoms with E-state index in [-0.39, 0.29) is 6.04 Å². The summed E-state index contributed by atoms with van der Waals surface area (Å²) in [6.07, 6.45) is 0. The quantitative estimate of drug-likeness (QED) is 0.859. The molecular weight excluding hydrogens is 314 g/mol. The molecule has 1 aliphatic rings. The predicted molar refractivity (Wildman–Crippen MR) is 94.9 cm³/mol. The van der Waals surface area contributed by atoms with Gasteiger partial charge in [0.05, 0.1) is 19.2 Å². The summed E-state index contributed by atoms with van der Waals surface area (Å²) in [5, 5.41) is 4.09. The van der Waals surface area contributed by atoms with Crippen LogP contribution in [0.15, 0.2) is 12.1 Å². The number of hydrogen-bond acceptors (Lipinski definition) is 5. The first-order valence-electron chi connectivity index (χ1n) is 8.01. The lowest BCUT2D eigenvalue weighted by Gasteiger charge is -2.41. The van der Waals surface area contributed by atoms with Gasteiger partial charge < -0.3 is 19.7 Å². The summed E-state index contributed by atoms with van der Waals surface area (Å²) in [6, 6.07) is 4.68. The van der Waals surface area contributed by atoms with Crippen molar-refractivity contribution in [3.05, 3.63) is 22.7 Å². The van der Waals surface area contributed by atoms with Crippen molar-refractivity contribution in [1.29, 1.82) is 0 Å². The van der Waals surface area contributed by atoms with E-state index in [0.29, 0.717) is 22.6 Å². The first-order chi connectivity index (χ1) is 11.0. The summed E-state index contributed by atoms with van der Waals surface area (Å²) in [4.78, 5) is 4.72. The van der Waals surface area contributed by atoms with Gasteiger partial charge in [-0.05, 0) is 32.6 Å². The van der Waals surface area contributed by atoms with E-state index >= 15 is 0 Å². The fourth-order valence-corrected chi connectivity index (χ4v) is 3.57. The third kappa shape index (κ3) is 4.10. The monoisotopic (exact) mass is 341 g/mol. The van der Waals surface area contributed by atoms with E-state index < -0.39 is 0 Å². The number of rotatable bonds is 6. The fourth-order valence-electron chi connectivity index (χ4n) is 3.21. The minimum absolute atomic E-state index is 0.217. The second-order valence-corrected chi connectivity index (χ2v) is 6.65. The highest BCUT2D eigenvalue weighted by atomic mass is 35.5. The van der Waals surface area contributed by atoms with Gasteiger partial charge in [-0.3, -0.25) is 4.90 Å². The van der Waals surface area contributed by atoms with E-state index in [4.69, 9.17) is 21.1 Å². The average molecular weight is 342 g/mol. The molecule has 0 spiro atoms. The van der Waals surface area contributed by atoms with Crippen molar-refractivity contribution < 1.29 is 9.47 Å². The van der Waals surface area contributed by atoms with Gasteiger partial charge in [0.15, 0.2) is 11.5 Å². The summed E-state index contributed by atoms with van der Waals surface area (Å²) in [5.74, 6) is 1.27. The number of nitrogens with zero attached hydrogens (tertiary/aromatic N) is 2. The number of halogens is 1. The molecule has 2 atom stereocenters. The average Bonchev–Trinajstić information content (AvgIpc) is 2.53. The van der Waals surface area contributed by atoms with Crippen LogP contribution in [0, 0.1) is 0 Å². The molecule has 0 radical (unpaired) electrons. The van der Waals surface area contributed by atoms with Crippen molar-refractivity contribution in [2.45, 2.75) is 19.0 Å². The van der Waals surface area contributed by atoms with Crippen LogP contribution in [0.1, 0.15) is 18.5 Å². The summed E-state index contributed by atoms with van der Waals surface area (Å²) >= 11 is 6.67. The number of piperazine rings is 1. The van der Waals surface area contributed by atoms with Crippen molar-refractivity contribution in [1.82, 2.24) is 15.1 Å². The lowest BCUT2D eigenvalue weighted by atomic mass is 10.0. The summed E-state index contributed by atoms with van der Waals surface area (Å²) in [5.41, 5.74) is 1.09. The van der Waals surface area contributed by atoms with Crippen molar-refractivity contribution in [2.75, 3.05) is 54.5 Å². The van der Waals surface area contributed by atoms with Crippen LogP contribution < -0.4 is 14.8 Å². The maximum atomic E-state index is 6.67. The van der Waals surface area contributed by atoms with E-state index in [2.05, 4.69) is 42.2 Å². The molecule has 0 amide bonds. The highest BCUT2D eigenvalue weighted by Gasteiger charge is 2.30. The van der Waals surface area contributed by atoms with Crippen LogP contribution in [0.4, 0.5) is 0 Å². The van der Waals surface area contributed by atoms with Gasteiger partial charge in [0.25, 0.3) is 0 Å². The Balaban J connectivity index is 2.42. The third-order valence-electron chi connectivity index (χ3n) is 4.36. The Morgan fingerprint density at radius 3 is 2.65 bits per heavy atom. The Labute approximate surface area is 144 Å². The van der Waals surface area contributed by atoms with Gasteiger partial charge in [0, 0.05) is 38.3 Å². The molecule has 1 aromatic rings. The molecule has 0 aliphatic carbocycles. The Morgan fingerprint density at radius 2 is 2.09 bits per heavy atom. The number of hydrogen-bond donors (Lipinski definition) is 1. The molecule has 2 rings (SSSR count). The van der Waals surface area contributed by atoms with E-state index in [1.54, 1.807) is 14.2 Å². The maximum absolute atomic E-state index is 6.67. The van der Waals surface area contributed by atoms with E-state index in [1.165, 1.54) is 0 Å². The van der Waals surface area contributed by atoms with Gasteiger partial charge in [-0.25, -0.2) is 0 Å². The zero-order chi connectivity index (χ0) is 17.0. The maximum Gasteiger partial charge on any atom is 0.179 e. The smallest absolute Gasteiger partial charge is 0.179 e. The third-order valence-corrected chi connectivity index (χ3v) is 4.75. The lowest BCUT2D eigenvalue weighted by Crippen LogP contribution is -2.52. The molecule has 1 heterocycles. The Kier molecular flexibility index (Phi) is 6.53. The zero-order valence-electron chi connectivity index (χ0n) is 14.7. The van der Waals surface area contributed by atoms with Crippen molar-refractivity contribution in [2.24, 2.45) is 0 Å². The largest absolute Gasteiger partial charge is 0.493 e. The minimum Gasteiger partial charge on any atom is -0.493 e. The van der Waals surface area contributed by atoms with E-state index in [0.717, 1.165) is 31.7 Å². The molecule has 0 saturated carbocycles. The molecule has 1 fully saturated rings. The molecule has 2 unspecified atom stereocenters. The number of benzene rings is 1. The zero-order valence-corrected chi connectivity index (χ0v) is 15.5. The van der Waals surface area contributed by atoms with Gasteiger partial charge in [0.1, 0.15) is 0 Å². The molecule has 6 heteroatoms.